The minimum absolute atomic E-state index is 0.138. The fraction of sp³-hybridized carbons (Fsp3) is 0.562. The minimum Gasteiger partial charge on any atom is -0.492 e. The highest BCUT2D eigenvalue weighted by atomic mass is 79.9. The molecule has 0 saturated heterocycles. The van der Waals surface area contributed by atoms with Crippen molar-refractivity contribution in [3.8, 4) is 5.75 Å². The molecule has 0 bridgehead atoms. The van der Waals surface area contributed by atoms with Crippen LogP contribution in [0.1, 0.15) is 54.9 Å². The third kappa shape index (κ3) is 2.12. The number of carbonyl (C=O) groups excluding carboxylic acids is 1. The van der Waals surface area contributed by atoms with Crippen LogP contribution in [0.25, 0.3) is 0 Å². The van der Waals surface area contributed by atoms with Crippen molar-refractivity contribution in [2.75, 3.05) is 6.61 Å². The molecule has 1 aromatic rings. The van der Waals surface area contributed by atoms with Crippen molar-refractivity contribution >= 4 is 21.7 Å². The quantitative estimate of drug-likeness (QED) is 0.764. The summed E-state index contributed by atoms with van der Waals surface area (Å²) in [6.45, 7) is 2.84. The van der Waals surface area contributed by atoms with E-state index in [2.05, 4.69) is 28.9 Å². The van der Waals surface area contributed by atoms with E-state index in [0.717, 1.165) is 41.5 Å². The van der Waals surface area contributed by atoms with E-state index in [9.17, 15) is 4.79 Å². The summed E-state index contributed by atoms with van der Waals surface area (Å²) in [5.41, 5.74) is 1.83. The smallest absolute Gasteiger partial charge is 0.172 e. The molecule has 102 valence electrons. The maximum absolute atomic E-state index is 13.0. The Morgan fingerprint density at radius 3 is 2.79 bits per heavy atom. The van der Waals surface area contributed by atoms with Crippen molar-refractivity contribution in [1.82, 2.24) is 0 Å². The molecule has 1 fully saturated rings. The minimum atomic E-state index is -0.138. The number of benzene rings is 1. The number of ether oxygens (including phenoxy) is 1. The van der Waals surface area contributed by atoms with Crippen molar-refractivity contribution in [2.45, 2.75) is 45.4 Å². The summed E-state index contributed by atoms with van der Waals surface area (Å²) < 4.78 is 6.70. The van der Waals surface area contributed by atoms with Crippen molar-refractivity contribution in [3.05, 3.63) is 27.7 Å². The molecule has 1 aliphatic heterocycles. The number of halogens is 1. The third-order valence-electron chi connectivity index (χ3n) is 4.71. The summed E-state index contributed by atoms with van der Waals surface area (Å²) in [5.74, 6) is 1.14. The van der Waals surface area contributed by atoms with Crippen molar-refractivity contribution < 1.29 is 9.53 Å². The molecule has 0 radical (unpaired) electrons. The molecule has 0 N–H and O–H groups in total. The largest absolute Gasteiger partial charge is 0.492 e. The molecule has 0 unspecified atom stereocenters. The van der Waals surface area contributed by atoms with Crippen molar-refractivity contribution in [1.29, 1.82) is 0 Å². The van der Waals surface area contributed by atoms with Crippen LogP contribution in [0.4, 0.5) is 0 Å². The summed E-state index contributed by atoms with van der Waals surface area (Å²) in [4.78, 5) is 13.0. The number of rotatable bonds is 3. The molecule has 0 amide bonds. The lowest BCUT2D eigenvalue weighted by Gasteiger charge is -2.26. The lowest BCUT2D eigenvalue weighted by atomic mass is 9.76. The highest BCUT2D eigenvalue weighted by Gasteiger charge is 2.41. The lowest BCUT2D eigenvalue weighted by Crippen LogP contribution is -2.27. The Morgan fingerprint density at radius 2 is 2.11 bits per heavy atom. The van der Waals surface area contributed by atoms with Crippen LogP contribution in [-0.2, 0) is 6.42 Å². The first-order valence-corrected chi connectivity index (χ1v) is 7.95. The van der Waals surface area contributed by atoms with E-state index in [0.29, 0.717) is 12.4 Å². The number of Topliss-reactive ketones (excluding diaryl/α,β-unsaturated/α-hetero) is 1. The van der Waals surface area contributed by atoms with E-state index in [1.165, 1.54) is 18.4 Å². The van der Waals surface area contributed by atoms with Crippen LogP contribution in [0.2, 0.25) is 0 Å². The first-order valence-electron chi connectivity index (χ1n) is 7.16. The number of carbonyl (C=O) groups is 1. The van der Waals surface area contributed by atoms with Crippen molar-refractivity contribution in [2.24, 2.45) is 5.41 Å². The number of hydrogen-bond donors (Lipinski definition) is 0. The van der Waals surface area contributed by atoms with Gasteiger partial charge >= 0.3 is 0 Å². The van der Waals surface area contributed by atoms with Gasteiger partial charge in [-0.15, -0.1) is 0 Å². The molecule has 1 saturated carbocycles. The topological polar surface area (TPSA) is 26.3 Å². The maximum Gasteiger partial charge on any atom is 0.172 e. The van der Waals surface area contributed by atoms with E-state index >= 15 is 0 Å². The fourth-order valence-electron chi connectivity index (χ4n) is 3.52. The van der Waals surface area contributed by atoms with Gasteiger partial charge in [0, 0.05) is 16.3 Å². The van der Waals surface area contributed by atoms with Crippen molar-refractivity contribution in [3.63, 3.8) is 0 Å². The normalized spacial score (nSPS) is 20.1. The van der Waals surface area contributed by atoms with Gasteiger partial charge in [0.25, 0.3) is 0 Å². The van der Waals surface area contributed by atoms with Crippen LogP contribution >= 0.6 is 15.9 Å². The Hall–Kier alpha value is -0.830. The Bertz CT molecular complexity index is 516. The predicted octanol–water partition coefficient (Wildman–Crippen LogP) is 4.54. The van der Waals surface area contributed by atoms with Gasteiger partial charge in [-0.25, -0.2) is 0 Å². The standard InChI is InChI=1S/C16H19BrO2/c1-2-16(6-3-4-7-16)15(18)13-10-12(17)9-11-5-8-19-14(11)13/h9-10H,2-8H2,1H3. The zero-order valence-electron chi connectivity index (χ0n) is 11.3. The number of ketones is 1. The Morgan fingerprint density at radius 1 is 1.37 bits per heavy atom. The van der Waals surface area contributed by atoms with Gasteiger partial charge in [0.1, 0.15) is 5.75 Å². The summed E-state index contributed by atoms with van der Waals surface area (Å²) in [7, 11) is 0. The van der Waals surface area contributed by atoms with Crippen LogP contribution in [0.15, 0.2) is 16.6 Å². The predicted molar refractivity (Wildman–Crippen MR) is 78.9 cm³/mol. The highest BCUT2D eigenvalue weighted by Crippen LogP contribution is 2.46. The molecule has 3 rings (SSSR count). The van der Waals surface area contributed by atoms with Gasteiger partial charge < -0.3 is 4.74 Å². The summed E-state index contributed by atoms with van der Waals surface area (Å²) in [6, 6.07) is 4.02. The van der Waals surface area contributed by atoms with Gasteiger partial charge in [0.15, 0.2) is 5.78 Å². The van der Waals surface area contributed by atoms with Gasteiger partial charge in [-0.2, -0.15) is 0 Å². The van der Waals surface area contributed by atoms with Gasteiger partial charge in [-0.1, -0.05) is 35.7 Å². The number of hydrogen-bond acceptors (Lipinski definition) is 2. The van der Waals surface area contributed by atoms with Crippen LogP contribution in [-0.4, -0.2) is 12.4 Å². The number of fused-ring (bicyclic) bond motifs is 1. The molecule has 0 aromatic heterocycles. The molecule has 1 aliphatic carbocycles. The van der Waals surface area contributed by atoms with Gasteiger partial charge in [0.05, 0.1) is 12.2 Å². The second kappa shape index (κ2) is 4.93. The van der Waals surface area contributed by atoms with Gasteiger partial charge in [-0.05, 0) is 37.0 Å². The lowest BCUT2D eigenvalue weighted by molar-refractivity contribution is 0.0788. The second-order valence-electron chi connectivity index (χ2n) is 5.71. The van der Waals surface area contributed by atoms with E-state index in [1.54, 1.807) is 0 Å². The highest BCUT2D eigenvalue weighted by molar-refractivity contribution is 9.10. The van der Waals surface area contributed by atoms with Crippen LogP contribution < -0.4 is 4.74 Å². The monoisotopic (exact) mass is 322 g/mol. The molecular formula is C16H19BrO2. The first-order chi connectivity index (χ1) is 9.16. The molecule has 1 aromatic carbocycles. The van der Waals surface area contributed by atoms with E-state index in [4.69, 9.17) is 4.74 Å². The zero-order valence-corrected chi connectivity index (χ0v) is 12.9. The molecule has 3 heteroatoms. The molecule has 1 heterocycles. The molecule has 0 atom stereocenters. The Balaban J connectivity index is 2.05. The summed E-state index contributed by atoms with van der Waals surface area (Å²) >= 11 is 3.52. The second-order valence-corrected chi connectivity index (χ2v) is 6.63. The first kappa shape index (κ1) is 13.2. The van der Waals surface area contributed by atoms with Gasteiger partial charge in [0.2, 0.25) is 0 Å². The van der Waals surface area contributed by atoms with E-state index < -0.39 is 0 Å². The third-order valence-corrected chi connectivity index (χ3v) is 5.17. The molecule has 0 spiro atoms. The van der Waals surface area contributed by atoms with Gasteiger partial charge in [-0.3, -0.25) is 4.79 Å². The maximum atomic E-state index is 13.0. The zero-order chi connectivity index (χ0) is 13.5. The summed E-state index contributed by atoms with van der Waals surface area (Å²) in [5, 5.41) is 0. The Kier molecular flexibility index (Phi) is 3.42. The SMILES string of the molecule is CCC1(C(=O)c2cc(Br)cc3c2OCC3)CCCC1. The molecule has 2 nitrogen and oxygen atoms in total. The average Bonchev–Trinajstić information content (AvgIpc) is 3.05. The molecule has 2 aliphatic rings. The Labute approximate surface area is 122 Å². The van der Waals surface area contributed by atoms with Crippen LogP contribution in [0.3, 0.4) is 0 Å². The molecule has 19 heavy (non-hydrogen) atoms. The van der Waals surface area contributed by atoms with E-state index in [1.807, 2.05) is 6.07 Å². The van der Waals surface area contributed by atoms with Crippen LogP contribution in [0, 0.1) is 5.41 Å². The van der Waals surface area contributed by atoms with Crippen LogP contribution in [0.5, 0.6) is 5.75 Å². The molecular weight excluding hydrogens is 304 g/mol. The summed E-state index contributed by atoms with van der Waals surface area (Å²) in [6.07, 6.45) is 6.27. The van der Waals surface area contributed by atoms with E-state index in [-0.39, 0.29) is 5.41 Å². The average molecular weight is 323 g/mol. The fourth-order valence-corrected chi connectivity index (χ4v) is 4.02.